The molecule has 2 nitrogen and oxygen atoms in total. The first kappa shape index (κ1) is 10.4. The van der Waals surface area contributed by atoms with Gasteiger partial charge in [0.2, 0.25) is 0 Å². The van der Waals surface area contributed by atoms with E-state index in [2.05, 4.69) is 0 Å². The van der Waals surface area contributed by atoms with E-state index in [1.807, 2.05) is 19.9 Å². The second-order valence-electron chi connectivity index (χ2n) is 3.01. The molecule has 0 saturated heterocycles. The Kier molecular flexibility index (Phi) is 3.17. The molecule has 0 unspecified atom stereocenters. The molecule has 0 aliphatic carbocycles. The van der Waals surface area contributed by atoms with Crippen LogP contribution < -0.4 is 0 Å². The fraction of sp³-hybridized carbons (Fsp3) is 0.400. The first-order valence-corrected chi connectivity index (χ1v) is 4.60. The number of hydrogen-bond acceptors (Lipinski definition) is 2. The zero-order chi connectivity index (χ0) is 10.0. The molecule has 1 rings (SSSR count). The molecule has 13 heavy (non-hydrogen) atoms. The highest BCUT2D eigenvalue weighted by atomic mass is 35.5. The Labute approximate surface area is 82.8 Å². The highest BCUT2D eigenvalue weighted by Gasteiger charge is 2.12. The van der Waals surface area contributed by atoms with Crippen molar-refractivity contribution in [1.29, 1.82) is 0 Å². The van der Waals surface area contributed by atoms with Gasteiger partial charge in [0.25, 0.3) is 0 Å². The third kappa shape index (κ3) is 1.79. The third-order valence-corrected chi connectivity index (χ3v) is 2.66. The van der Waals surface area contributed by atoms with E-state index in [4.69, 9.17) is 16.7 Å². The normalized spacial score (nSPS) is 10.5. The van der Waals surface area contributed by atoms with Gasteiger partial charge in [0, 0.05) is 5.56 Å². The fourth-order valence-corrected chi connectivity index (χ4v) is 1.55. The van der Waals surface area contributed by atoms with Crippen molar-refractivity contribution >= 4 is 11.6 Å². The monoisotopic (exact) mass is 200 g/mol. The standard InChI is InChI=1S/C10H13ClO2/c1-3-7-4-6(2)9(11)8(5-12)10(7)13/h4,12-13H,3,5H2,1-2H3. The first-order valence-electron chi connectivity index (χ1n) is 4.22. The van der Waals surface area contributed by atoms with Crippen LogP contribution >= 0.6 is 11.6 Å². The lowest BCUT2D eigenvalue weighted by Gasteiger charge is -2.11. The second-order valence-corrected chi connectivity index (χ2v) is 3.38. The number of benzene rings is 1. The van der Waals surface area contributed by atoms with Crippen LogP contribution in [0.4, 0.5) is 0 Å². The molecule has 1 aromatic carbocycles. The maximum Gasteiger partial charge on any atom is 0.125 e. The van der Waals surface area contributed by atoms with E-state index < -0.39 is 0 Å². The summed E-state index contributed by atoms with van der Waals surface area (Å²) in [7, 11) is 0. The first-order chi connectivity index (χ1) is 6.11. The molecule has 0 aromatic heterocycles. The van der Waals surface area contributed by atoms with Gasteiger partial charge in [0.1, 0.15) is 5.75 Å². The van der Waals surface area contributed by atoms with E-state index in [1.54, 1.807) is 0 Å². The number of aliphatic hydroxyl groups is 1. The summed E-state index contributed by atoms with van der Waals surface area (Å²) in [4.78, 5) is 0. The summed E-state index contributed by atoms with van der Waals surface area (Å²) in [6, 6.07) is 1.84. The molecule has 0 spiro atoms. The van der Waals surface area contributed by atoms with Crippen LogP contribution in [0.25, 0.3) is 0 Å². The Morgan fingerprint density at radius 1 is 1.46 bits per heavy atom. The van der Waals surface area contributed by atoms with E-state index in [-0.39, 0.29) is 12.4 Å². The summed E-state index contributed by atoms with van der Waals surface area (Å²) in [5, 5.41) is 19.1. The lowest BCUT2D eigenvalue weighted by Crippen LogP contribution is -1.94. The van der Waals surface area contributed by atoms with E-state index in [0.29, 0.717) is 10.6 Å². The summed E-state index contributed by atoms with van der Waals surface area (Å²) in [5.74, 6) is 0.126. The molecule has 72 valence electrons. The van der Waals surface area contributed by atoms with Crippen LogP contribution in [0, 0.1) is 6.92 Å². The average Bonchev–Trinajstić information content (AvgIpc) is 2.12. The van der Waals surface area contributed by atoms with Gasteiger partial charge in [-0.05, 0) is 24.5 Å². The summed E-state index contributed by atoms with van der Waals surface area (Å²) in [6.45, 7) is 3.59. The average molecular weight is 201 g/mol. The van der Waals surface area contributed by atoms with Crippen molar-refractivity contribution in [3.63, 3.8) is 0 Å². The number of aliphatic hydroxyl groups excluding tert-OH is 1. The van der Waals surface area contributed by atoms with E-state index in [9.17, 15) is 5.11 Å². The van der Waals surface area contributed by atoms with Gasteiger partial charge in [-0.25, -0.2) is 0 Å². The molecular weight excluding hydrogens is 188 g/mol. The van der Waals surface area contributed by atoms with Crippen LogP contribution in [0.3, 0.4) is 0 Å². The highest BCUT2D eigenvalue weighted by molar-refractivity contribution is 6.32. The molecule has 0 radical (unpaired) electrons. The van der Waals surface area contributed by atoms with Gasteiger partial charge in [-0.15, -0.1) is 0 Å². The smallest absolute Gasteiger partial charge is 0.125 e. The molecule has 1 aromatic rings. The topological polar surface area (TPSA) is 40.5 Å². The molecule has 0 atom stereocenters. The summed E-state index contributed by atoms with van der Waals surface area (Å²) >= 11 is 5.91. The molecule has 2 N–H and O–H groups in total. The van der Waals surface area contributed by atoms with Gasteiger partial charge < -0.3 is 10.2 Å². The highest BCUT2D eigenvalue weighted by Crippen LogP contribution is 2.32. The lowest BCUT2D eigenvalue weighted by atomic mass is 10.0. The second kappa shape index (κ2) is 3.99. The maximum atomic E-state index is 9.65. The third-order valence-electron chi connectivity index (χ3n) is 2.13. The number of hydrogen-bond donors (Lipinski definition) is 2. The Morgan fingerprint density at radius 3 is 2.54 bits per heavy atom. The number of aromatic hydroxyl groups is 1. The Hall–Kier alpha value is -0.730. The van der Waals surface area contributed by atoms with Crippen molar-refractivity contribution in [2.75, 3.05) is 0 Å². The molecule has 0 aliphatic heterocycles. The van der Waals surface area contributed by atoms with Gasteiger partial charge in [-0.3, -0.25) is 0 Å². The Balaban J connectivity index is 3.39. The number of phenols is 1. The fourth-order valence-electron chi connectivity index (χ4n) is 1.34. The molecular formula is C10H13ClO2. The molecule has 0 aliphatic rings. The predicted octanol–water partition coefficient (Wildman–Crippen LogP) is 2.41. The van der Waals surface area contributed by atoms with Crippen LogP contribution in [0.2, 0.25) is 5.02 Å². The SMILES string of the molecule is CCc1cc(C)c(Cl)c(CO)c1O. The molecule has 0 amide bonds. The minimum Gasteiger partial charge on any atom is -0.507 e. The Morgan fingerprint density at radius 2 is 2.08 bits per heavy atom. The van der Waals surface area contributed by atoms with Gasteiger partial charge in [-0.2, -0.15) is 0 Å². The molecule has 3 heteroatoms. The number of rotatable bonds is 2. The number of aryl methyl sites for hydroxylation is 2. The maximum absolute atomic E-state index is 9.65. The lowest BCUT2D eigenvalue weighted by molar-refractivity contribution is 0.275. The molecule has 0 bridgehead atoms. The predicted molar refractivity (Wildman–Crippen MR) is 53.2 cm³/mol. The van der Waals surface area contributed by atoms with Crippen molar-refractivity contribution < 1.29 is 10.2 Å². The van der Waals surface area contributed by atoms with E-state index in [1.165, 1.54) is 0 Å². The van der Waals surface area contributed by atoms with Crippen molar-refractivity contribution in [2.45, 2.75) is 26.9 Å². The zero-order valence-electron chi connectivity index (χ0n) is 7.76. The van der Waals surface area contributed by atoms with Crippen LogP contribution in [0.1, 0.15) is 23.6 Å². The van der Waals surface area contributed by atoms with Crippen LogP contribution in [0.15, 0.2) is 6.07 Å². The van der Waals surface area contributed by atoms with Crippen molar-refractivity contribution in [3.8, 4) is 5.75 Å². The molecule has 0 heterocycles. The minimum absolute atomic E-state index is 0.126. The van der Waals surface area contributed by atoms with Crippen molar-refractivity contribution in [3.05, 3.63) is 27.8 Å². The van der Waals surface area contributed by atoms with Gasteiger partial charge in [0.15, 0.2) is 0 Å². The summed E-state index contributed by atoms with van der Waals surface area (Å²) in [6.07, 6.45) is 0.733. The van der Waals surface area contributed by atoms with Crippen LogP contribution in [-0.4, -0.2) is 10.2 Å². The van der Waals surface area contributed by atoms with Crippen LogP contribution in [0.5, 0.6) is 5.75 Å². The molecule has 0 saturated carbocycles. The largest absolute Gasteiger partial charge is 0.507 e. The summed E-state index contributed by atoms with van der Waals surface area (Å²) in [5.41, 5.74) is 2.14. The van der Waals surface area contributed by atoms with Crippen molar-refractivity contribution in [1.82, 2.24) is 0 Å². The summed E-state index contributed by atoms with van der Waals surface area (Å²) < 4.78 is 0. The van der Waals surface area contributed by atoms with Gasteiger partial charge in [0.05, 0.1) is 11.6 Å². The van der Waals surface area contributed by atoms with Gasteiger partial charge >= 0.3 is 0 Å². The van der Waals surface area contributed by atoms with Crippen molar-refractivity contribution in [2.24, 2.45) is 0 Å². The minimum atomic E-state index is -0.223. The Bertz CT molecular complexity index is 321. The van der Waals surface area contributed by atoms with E-state index >= 15 is 0 Å². The van der Waals surface area contributed by atoms with Gasteiger partial charge in [-0.1, -0.05) is 24.6 Å². The van der Waals surface area contributed by atoms with Crippen LogP contribution in [-0.2, 0) is 13.0 Å². The molecule has 0 fully saturated rings. The quantitative estimate of drug-likeness (QED) is 0.770. The van der Waals surface area contributed by atoms with E-state index in [0.717, 1.165) is 17.5 Å². The number of halogens is 1. The zero-order valence-corrected chi connectivity index (χ0v) is 8.52.